The van der Waals surface area contributed by atoms with Gasteiger partial charge in [0, 0.05) is 49.2 Å². The van der Waals surface area contributed by atoms with Crippen molar-refractivity contribution in [2.24, 2.45) is 0 Å². The Hall–Kier alpha value is -5.24. The summed E-state index contributed by atoms with van der Waals surface area (Å²) in [6.07, 6.45) is 5.48. The number of aromatic nitrogens is 2. The monoisotopic (exact) mass is 1160 g/mol. The number of hydrogen-bond donors (Lipinski definition) is 6. The first-order chi connectivity index (χ1) is 33.6. The largest absolute Gasteiger partial charge is 0.325 e. The average molecular weight is 1160 g/mol. The van der Waals surface area contributed by atoms with Gasteiger partial charge in [-0.25, -0.2) is 35.6 Å². The highest BCUT2D eigenvalue weighted by molar-refractivity contribution is 7.92. The Balaban J connectivity index is 0.000000235. The van der Waals surface area contributed by atoms with Crippen molar-refractivity contribution < 1.29 is 52.0 Å². The molecule has 4 aromatic carbocycles. The Kier molecular flexibility index (Phi) is 17.7. The SMILES string of the molecule is C.CN1C(C(=O)Nc2ccc(F)c(Cl)c2)CC(c2ncc(-c3ccc(NS(C)(=O)=O)cc3)s2)NS1(=O)=O.CN1[C@H](C(=O)Nc2ccc(F)c(Cl)c2)C[C@H](c2ncc(-c3ccc(NS(C)(=O)=O)cc3)s2)NS1(=O)=O. The van der Waals surface area contributed by atoms with Gasteiger partial charge in [-0.1, -0.05) is 54.9 Å². The molecule has 392 valence electrons. The van der Waals surface area contributed by atoms with E-state index in [-0.39, 0.29) is 41.7 Å². The van der Waals surface area contributed by atoms with E-state index in [1.54, 1.807) is 60.9 Å². The molecule has 2 unspecified atom stereocenters. The lowest BCUT2D eigenvalue weighted by Crippen LogP contribution is -2.55. The van der Waals surface area contributed by atoms with E-state index in [1.807, 2.05) is 0 Å². The molecule has 0 radical (unpaired) electrons. The van der Waals surface area contributed by atoms with Crippen molar-refractivity contribution in [2.75, 3.05) is 46.7 Å². The van der Waals surface area contributed by atoms with Crippen LogP contribution in [0.1, 0.15) is 42.4 Å². The van der Waals surface area contributed by atoms with Crippen LogP contribution < -0.4 is 29.5 Å². The Morgan fingerprint density at radius 1 is 0.616 bits per heavy atom. The molecule has 30 heteroatoms. The third-order valence-corrected chi connectivity index (χ3v) is 18.0. The average Bonchev–Trinajstić information content (AvgIpc) is 4.00. The topological polar surface area (TPSA) is 275 Å². The quantitative estimate of drug-likeness (QED) is 0.0722. The van der Waals surface area contributed by atoms with Gasteiger partial charge < -0.3 is 10.6 Å². The Labute approximate surface area is 439 Å². The zero-order chi connectivity index (χ0) is 52.5. The number of halogens is 4. The second-order valence-electron chi connectivity index (χ2n) is 16.2. The van der Waals surface area contributed by atoms with Gasteiger partial charge in [0.05, 0.1) is 44.4 Å². The van der Waals surface area contributed by atoms with Gasteiger partial charge in [-0.3, -0.25) is 19.0 Å². The van der Waals surface area contributed by atoms with E-state index < -0.39 is 88.1 Å². The highest BCUT2D eigenvalue weighted by Gasteiger charge is 2.43. The molecule has 0 bridgehead atoms. The summed E-state index contributed by atoms with van der Waals surface area (Å²) in [5.74, 6) is -2.48. The van der Waals surface area contributed by atoms with Gasteiger partial charge >= 0.3 is 0 Å². The summed E-state index contributed by atoms with van der Waals surface area (Å²) < 4.78 is 135. The molecule has 0 aliphatic carbocycles. The number of sulfonamides is 2. The summed E-state index contributed by atoms with van der Waals surface area (Å²) in [6, 6.07) is 17.0. The van der Waals surface area contributed by atoms with Crippen LogP contribution in [0.2, 0.25) is 10.0 Å². The molecule has 2 aliphatic heterocycles. The molecule has 20 nitrogen and oxygen atoms in total. The molecule has 0 spiro atoms. The molecule has 4 heterocycles. The number of benzene rings is 4. The van der Waals surface area contributed by atoms with Crippen molar-refractivity contribution in [3.63, 3.8) is 0 Å². The third kappa shape index (κ3) is 14.5. The van der Waals surface area contributed by atoms with Crippen molar-refractivity contribution >= 4 is 121 Å². The number of anilines is 4. The number of rotatable bonds is 12. The molecule has 2 aromatic heterocycles. The van der Waals surface area contributed by atoms with Crippen molar-refractivity contribution in [3.8, 4) is 20.9 Å². The summed E-state index contributed by atoms with van der Waals surface area (Å²) in [7, 11) is -12.2. The fourth-order valence-electron chi connectivity index (χ4n) is 7.14. The van der Waals surface area contributed by atoms with E-state index in [9.17, 15) is 52.0 Å². The fourth-order valence-corrected chi connectivity index (χ4v) is 13.3. The number of carbonyl (C=O) groups excluding carboxylic acids is 2. The van der Waals surface area contributed by atoms with Crippen LogP contribution in [-0.2, 0) is 50.1 Å². The minimum Gasteiger partial charge on any atom is -0.325 e. The van der Waals surface area contributed by atoms with Gasteiger partial charge in [-0.2, -0.15) is 34.9 Å². The first-order valence-electron chi connectivity index (χ1n) is 20.7. The molecule has 2 fully saturated rings. The highest BCUT2D eigenvalue weighted by atomic mass is 35.5. The zero-order valence-corrected chi connectivity index (χ0v) is 44.2. The smallest absolute Gasteiger partial charge is 0.280 e. The van der Waals surface area contributed by atoms with Crippen LogP contribution in [0.25, 0.3) is 20.9 Å². The molecule has 8 rings (SSSR count). The number of carbonyl (C=O) groups is 2. The Bertz CT molecular complexity index is 3260. The molecule has 4 atom stereocenters. The van der Waals surface area contributed by atoms with Crippen LogP contribution in [-0.4, -0.2) is 103 Å². The minimum absolute atomic E-state index is 0. The van der Waals surface area contributed by atoms with Gasteiger partial charge in [0.2, 0.25) is 31.9 Å². The number of likely N-dealkylation sites (N-methyl/N-ethyl adjacent to an activating group) is 2. The molecular formula is C43H46Cl2F2N10O10S6. The Morgan fingerprint density at radius 2 is 0.945 bits per heavy atom. The second kappa shape index (κ2) is 22.7. The van der Waals surface area contributed by atoms with E-state index in [4.69, 9.17) is 23.2 Å². The summed E-state index contributed by atoms with van der Waals surface area (Å²) in [6.45, 7) is 0. The van der Waals surface area contributed by atoms with Crippen LogP contribution in [0.15, 0.2) is 97.3 Å². The first-order valence-corrected chi connectivity index (χ1v) is 29.8. The van der Waals surface area contributed by atoms with Gasteiger partial charge in [-0.05, 0) is 84.6 Å². The molecule has 6 aromatic rings. The van der Waals surface area contributed by atoms with Crippen molar-refractivity contribution in [1.82, 2.24) is 28.0 Å². The molecule has 2 saturated heterocycles. The van der Waals surface area contributed by atoms with Crippen LogP contribution in [0, 0.1) is 11.6 Å². The van der Waals surface area contributed by atoms with Crippen molar-refractivity contribution in [1.29, 1.82) is 0 Å². The van der Waals surface area contributed by atoms with E-state index in [0.717, 1.165) is 54.1 Å². The third-order valence-electron chi connectivity index (χ3n) is 10.7. The van der Waals surface area contributed by atoms with E-state index >= 15 is 0 Å². The summed E-state index contributed by atoms with van der Waals surface area (Å²) in [4.78, 5) is 36.1. The lowest BCUT2D eigenvalue weighted by atomic mass is 10.1. The number of thiazole rings is 2. The van der Waals surface area contributed by atoms with Gasteiger partial charge in [0.1, 0.15) is 33.7 Å². The number of amides is 2. The van der Waals surface area contributed by atoms with Crippen molar-refractivity contribution in [2.45, 2.75) is 44.4 Å². The van der Waals surface area contributed by atoms with Crippen LogP contribution in [0.5, 0.6) is 0 Å². The molecule has 2 amide bonds. The molecule has 0 saturated carbocycles. The Morgan fingerprint density at radius 3 is 1.26 bits per heavy atom. The normalized spacial score (nSPS) is 19.8. The minimum atomic E-state index is -4.00. The molecule has 73 heavy (non-hydrogen) atoms. The lowest BCUT2D eigenvalue weighted by Gasteiger charge is -2.35. The van der Waals surface area contributed by atoms with Crippen LogP contribution >= 0.6 is 45.9 Å². The maximum absolute atomic E-state index is 13.4. The standard InChI is InChI=1S/2C21H21ClFN5O5S3.CH4/c2*1-28-18(20(29)25-14-7-8-16(23)15(22)9-14)10-17(27-36(28,32)33)21-24-11-19(34-21)12-3-5-13(6-4-12)26-35(2,30)31;/h2*3-9,11,17-18,26-27H,10H2,1-2H3,(H,25,29);1H4/t17-,18+;;/m1../s1. The summed E-state index contributed by atoms with van der Waals surface area (Å²) >= 11 is 14.0. The summed E-state index contributed by atoms with van der Waals surface area (Å²) in [5, 5.41) is 5.74. The maximum Gasteiger partial charge on any atom is 0.280 e. The second-order valence-corrected chi connectivity index (χ2v) is 26.1. The van der Waals surface area contributed by atoms with E-state index in [1.165, 1.54) is 61.0 Å². The maximum atomic E-state index is 13.4. The first kappa shape index (κ1) is 57.0. The van der Waals surface area contributed by atoms with Crippen molar-refractivity contribution in [3.05, 3.63) is 129 Å². The number of nitrogens with one attached hydrogen (secondary N) is 6. The van der Waals surface area contributed by atoms with E-state index in [0.29, 0.717) is 21.4 Å². The zero-order valence-electron chi connectivity index (χ0n) is 37.8. The highest BCUT2D eigenvalue weighted by Crippen LogP contribution is 2.37. The lowest BCUT2D eigenvalue weighted by molar-refractivity contribution is -0.120. The fraction of sp³-hybridized carbons (Fsp3) is 0.256. The van der Waals surface area contributed by atoms with Crippen LogP contribution in [0.4, 0.5) is 31.5 Å². The van der Waals surface area contributed by atoms with Crippen LogP contribution in [0.3, 0.4) is 0 Å². The molecule has 6 N–H and O–H groups in total. The van der Waals surface area contributed by atoms with Gasteiger partial charge in [0.15, 0.2) is 0 Å². The molecular weight excluding hydrogens is 1120 g/mol. The van der Waals surface area contributed by atoms with Gasteiger partial charge in [0.25, 0.3) is 20.4 Å². The summed E-state index contributed by atoms with van der Waals surface area (Å²) in [5.41, 5.74) is 2.80. The van der Waals surface area contributed by atoms with E-state index in [2.05, 4.69) is 39.5 Å². The van der Waals surface area contributed by atoms with Gasteiger partial charge in [-0.15, -0.1) is 22.7 Å². The number of hydrogen-bond acceptors (Lipinski definition) is 14. The number of nitrogens with zero attached hydrogens (tertiary/aromatic N) is 4. The predicted octanol–water partition coefficient (Wildman–Crippen LogP) is 7.02. The predicted molar refractivity (Wildman–Crippen MR) is 281 cm³/mol. The molecule has 2 aliphatic rings.